The van der Waals surface area contributed by atoms with Crippen molar-refractivity contribution >= 4 is 40.4 Å². The van der Waals surface area contributed by atoms with Gasteiger partial charge in [-0.1, -0.05) is 32.0 Å². The van der Waals surface area contributed by atoms with E-state index in [1.165, 1.54) is 0 Å². The van der Waals surface area contributed by atoms with Gasteiger partial charge in [0.2, 0.25) is 0 Å². The van der Waals surface area contributed by atoms with Gasteiger partial charge in [0, 0.05) is 18.5 Å². The number of halogens is 1. The molecule has 0 saturated carbocycles. The molecule has 0 fully saturated rings. The number of nitrogens with one attached hydrogen (secondary N) is 1. The number of aromatic nitrogens is 4. The molecular formula is C15H22ClN7. The minimum atomic E-state index is 0. The van der Waals surface area contributed by atoms with Crippen LogP contribution in [0.25, 0.3) is 22.1 Å². The van der Waals surface area contributed by atoms with E-state index in [0.717, 1.165) is 48.2 Å². The third-order valence-electron chi connectivity index (χ3n) is 4.04. The van der Waals surface area contributed by atoms with Gasteiger partial charge in [-0.15, -0.1) is 22.6 Å². The molecule has 0 unspecified atom stereocenters. The van der Waals surface area contributed by atoms with Gasteiger partial charge < -0.3 is 9.47 Å². The SMILES string of the molecule is CCN(CC)CCn1c2ccccc2c2nnc(NN)nc21.Cl. The number of hydrogen-bond acceptors (Lipinski definition) is 6. The Morgan fingerprint density at radius 2 is 1.91 bits per heavy atom. The van der Waals surface area contributed by atoms with E-state index >= 15 is 0 Å². The maximum Gasteiger partial charge on any atom is 0.258 e. The van der Waals surface area contributed by atoms with Crippen molar-refractivity contribution in [2.75, 3.05) is 25.1 Å². The van der Waals surface area contributed by atoms with Crippen LogP contribution in [-0.4, -0.2) is 44.3 Å². The molecule has 3 rings (SSSR count). The predicted octanol–water partition coefficient (Wildman–Crippen LogP) is 2.03. The normalized spacial score (nSPS) is 11.1. The lowest BCUT2D eigenvalue weighted by Gasteiger charge is -2.18. The fourth-order valence-electron chi connectivity index (χ4n) is 2.77. The van der Waals surface area contributed by atoms with Crippen LogP contribution in [0.3, 0.4) is 0 Å². The number of nitrogen functional groups attached to an aromatic ring is 1. The molecule has 7 nitrogen and oxygen atoms in total. The van der Waals surface area contributed by atoms with Gasteiger partial charge in [-0.25, -0.2) is 5.84 Å². The van der Waals surface area contributed by atoms with Crippen molar-refractivity contribution in [3.63, 3.8) is 0 Å². The minimum absolute atomic E-state index is 0. The molecule has 0 saturated heterocycles. The van der Waals surface area contributed by atoms with Crippen molar-refractivity contribution < 1.29 is 0 Å². The van der Waals surface area contributed by atoms with Gasteiger partial charge in [0.15, 0.2) is 5.65 Å². The summed E-state index contributed by atoms with van der Waals surface area (Å²) in [5.74, 6) is 5.75. The van der Waals surface area contributed by atoms with Crippen LogP contribution in [0, 0.1) is 0 Å². The second-order valence-corrected chi connectivity index (χ2v) is 5.15. The van der Waals surface area contributed by atoms with Crippen molar-refractivity contribution in [2.45, 2.75) is 20.4 Å². The number of nitrogens with two attached hydrogens (primary N) is 1. The smallest absolute Gasteiger partial charge is 0.258 e. The van der Waals surface area contributed by atoms with Crippen LogP contribution < -0.4 is 11.3 Å². The molecule has 0 amide bonds. The number of anilines is 1. The molecule has 3 aromatic rings. The Labute approximate surface area is 141 Å². The molecule has 0 atom stereocenters. The van der Waals surface area contributed by atoms with E-state index < -0.39 is 0 Å². The van der Waals surface area contributed by atoms with E-state index in [-0.39, 0.29) is 12.4 Å². The average molecular weight is 336 g/mol. The second kappa shape index (κ2) is 7.54. The fourth-order valence-corrected chi connectivity index (χ4v) is 2.77. The van der Waals surface area contributed by atoms with Crippen molar-refractivity contribution in [3.05, 3.63) is 24.3 Å². The first-order valence-corrected chi connectivity index (χ1v) is 7.59. The molecule has 8 heteroatoms. The number of para-hydroxylation sites is 1. The lowest BCUT2D eigenvalue weighted by Crippen LogP contribution is -2.27. The summed E-state index contributed by atoms with van der Waals surface area (Å²) < 4.78 is 2.19. The van der Waals surface area contributed by atoms with Crippen molar-refractivity contribution in [1.82, 2.24) is 24.6 Å². The molecule has 0 spiro atoms. The lowest BCUT2D eigenvalue weighted by atomic mass is 10.2. The van der Waals surface area contributed by atoms with Gasteiger partial charge in [-0.2, -0.15) is 4.98 Å². The Morgan fingerprint density at radius 1 is 1.17 bits per heavy atom. The number of likely N-dealkylation sites (N-methyl/N-ethyl adjacent to an activating group) is 1. The van der Waals surface area contributed by atoms with Gasteiger partial charge in [-0.05, 0) is 19.2 Å². The first-order valence-electron chi connectivity index (χ1n) is 7.59. The maximum absolute atomic E-state index is 5.42. The summed E-state index contributed by atoms with van der Waals surface area (Å²) in [4.78, 5) is 6.88. The highest BCUT2D eigenvalue weighted by molar-refractivity contribution is 6.04. The Bertz CT molecular complexity index is 782. The van der Waals surface area contributed by atoms with E-state index in [0.29, 0.717) is 5.95 Å². The van der Waals surface area contributed by atoms with E-state index in [1.54, 1.807) is 0 Å². The molecule has 0 aliphatic heterocycles. The first kappa shape index (κ1) is 17.4. The lowest BCUT2D eigenvalue weighted by molar-refractivity contribution is 0.293. The van der Waals surface area contributed by atoms with Gasteiger partial charge in [0.05, 0.1) is 5.52 Å². The summed E-state index contributed by atoms with van der Waals surface area (Å²) in [5, 5.41) is 9.34. The third-order valence-corrected chi connectivity index (χ3v) is 4.04. The van der Waals surface area contributed by atoms with Crippen LogP contribution in [0.2, 0.25) is 0 Å². The van der Waals surface area contributed by atoms with Gasteiger partial charge >= 0.3 is 0 Å². The standard InChI is InChI=1S/C15H21N7.ClH/c1-3-21(4-2)9-10-22-12-8-6-5-7-11(12)13-14(22)17-15(18-16)20-19-13;/h5-8H,3-4,9-10,16H2,1-2H3,(H,17,18,20);1H. The molecule has 0 radical (unpaired) electrons. The third kappa shape index (κ3) is 3.21. The summed E-state index contributed by atoms with van der Waals surface area (Å²) in [6.45, 7) is 8.25. The van der Waals surface area contributed by atoms with Crippen molar-refractivity contribution in [1.29, 1.82) is 0 Å². The zero-order chi connectivity index (χ0) is 15.5. The molecule has 3 N–H and O–H groups in total. The highest BCUT2D eigenvalue weighted by Gasteiger charge is 2.14. The zero-order valence-electron chi connectivity index (χ0n) is 13.4. The second-order valence-electron chi connectivity index (χ2n) is 5.15. The predicted molar refractivity (Wildman–Crippen MR) is 95.7 cm³/mol. The first-order chi connectivity index (χ1) is 10.8. The zero-order valence-corrected chi connectivity index (χ0v) is 14.2. The largest absolute Gasteiger partial charge is 0.322 e. The highest BCUT2D eigenvalue weighted by atomic mass is 35.5. The summed E-state index contributed by atoms with van der Waals surface area (Å²) in [5.41, 5.74) is 5.23. The number of rotatable bonds is 6. The van der Waals surface area contributed by atoms with Crippen molar-refractivity contribution in [3.8, 4) is 0 Å². The summed E-state index contributed by atoms with van der Waals surface area (Å²) in [6, 6.07) is 8.19. The fraction of sp³-hybridized carbons (Fsp3) is 0.400. The summed E-state index contributed by atoms with van der Waals surface area (Å²) >= 11 is 0. The van der Waals surface area contributed by atoms with Crippen LogP contribution in [0.4, 0.5) is 5.95 Å². The highest BCUT2D eigenvalue weighted by Crippen LogP contribution is 2.26. The van der Waals surface area contributed by atoms with E-state index in [2.05, 4.69) is 56.1 Å². The van der Waals surface area contributed by atoms with Gasteiger partial charge in [0.1, 0.15) is 5.52 Å². The van der Waals surface area contributed by atoms with Crippen LogP contribution in [0.1, 0.15) is 13.8 Å². The van der Waals surface area contributed by atoms with Crippen LogP contribution in [-0.2, 0) is 6.54 Å². The van der Waals surface area contributed by atoms with Crippen LogP contribution in [0.5, 0.6) is 0 Å². The number of hydrazine groups is 1. The molecule has 2 aromatic heterocycles. The Kier molecular flexibility index (Phi) is 5.70. The molecule has 0 aliphatic rings. The quantitative estimate of drug-likeness (QED) is 0.529. The van der Waals surface area contributed by atoms with E-state index in [1.807, 2.05) is 12.1 Å². The monoisotopic (exact) mass is 335 g/mol. The van der Waals surface area contributed by atoms with E-state index in [9.17, 15) is 0 Å². The number of hydrogen-bond donors (Lipinski definition) is 2. The summed E-state index contributed by atoms with van der Waals surface area (Å²) in [7, 11) is 0. The average Bonchev–Trinajstić information content (AvgIpc) is 2.89. The van der Waals surface area contributed by atoms with Gasteiger partial charge in [-0.3, -0.25) is 5.43 Å². The van der Waals surface area contributed by atoms with E-state index in [4.69, 9.17) is 5.84 Å². The number of nitrogens with zero attached hydrogens (tertiary/aromatic N) is 5. The molecule has 2 heterocycles. The Hall–Kier alpha value is -1.96. The topological polar surface area (TPSA) is 84.9 Å². The molecule has 0 bridgehead atoms. The number of benzene rings is 1. The molecule has 0 aliphatic carbocycles. The summed E-state index contributed by atoms with van der Waals surface area (Å²) in [6.07, 6.45) is 0. The minimum Gasteiger partial charge on any atom is -0.322 e. The molecule has 124 valence electrons. The van der Waals surface area contributed by atoms with Crippen LogP contribution >= 0.6 is 12.4 Å². The molecular weight excluding hydrogens is 314 g/mol. The molecule has 1 aromatic carbocycles. The maximum atomic E-state index is 5.42. The van der Waals surface area contributed by atoms with Crippen LogP contribution in [0.15, 0.2) is 24.3 Å². The Morgan fingerprint density at radius 3 is 2.61 bits per heavy atom. The van der Waals surface area contributed by atoms with Gasteiger partial charge in [0.25, 0.3) is 5.95 Å². The van der Waals surface area contributed by atoms with Crippen molar-refractivity contribution in [2.24, 2.45) is 5.84 Å². The number of fused-ring (bicyclic) bond motifs is 3. The Balaban J connectivity index is 0.00000192. The molecule has 23 heavy (non-hydrogen) atoms.